The van der Waals surface area contributed by atoms with E-state index >= 15 is 0 Å². The van der Waals surface area contributed by atoms with Gasteiger partial charge in [-0.3, -0.25) is 4.79 Å². The van der Waals surface area contributed by atoms with Crippen LogP contribution in [0.4, 0.5) is 0 Å². The lowest BCUT2D eigenvalue weighted by Crippen LogP contribution is -2.33. The van der Waals surface area contributed by atoms with Gasteiger partial charge in [0.2, 0.25) is 11.8 Å². The van der Waals surface area contributed by atoms with Crippen molar-refractivity contribution in [1.82, 2.24) is 15.3 Å². The van der Waals surface area contributed by atoms with Crippen LogP contribution < -0.4 is 10.1 Å². The number of hydrogen-bond donors (Lipinski definition) is 1. The topological polar surface area (TPSA) is 73.3 Å². The summed E-state index contributed by atoms with van der Waals surface area (Å²) in [5.41, 5.74) is 3.04. The minimum atomic E-state index is 0.0128. The van der Waals surface area contributed by atoms with Crippen molar-refractivity contribution in [2.45, 2.75) is 44.9 Å². The molecule has 160 valence electrons. The molecule has 2 aliphatic rings. The molecule has 1 aromatic heterocycles. The molecule has 0 saturated carbocycles. The van der Waals surface area contributed by atoms with Gasteiger partial charge in [-0.2, -0.15) is 4.98 Å². The van der Waals surface area contributed by atoms with Gasteiger partial charge >= 0.3 is 0 Å². The van der Waals surface area contributed by atoms with E-state index in [2.05, 4.69) is 10.3 Å². The molecule has 1 aromatic carbocycles. The van der Waals surface area contributed by atoms with Crippen LogP contribution in [0.15, 0.2) is 30.3 Å². The molecule has 6 heteroatoms. The molecule has 1 unspecified atom stereocenters. The minimum absolute atomic E-state index is 0.0128. The first-order valence-corrected chi connectivity index (χ1v) is 11.1. The fourth-order valence-electron chi connectivity index (χ4n) is 4.47. The molecule has 6 nitrogen and oxygen atoms in total. The summed E-state index contributed by atoms with van der Waals surface area (Å²) < 4.78 is 11.0. The van der Waals surface area contributed by atoms with Crippen LogP contribution in [0.2, 0.25) is 0 Å². The number of methoxy groups -OCH3 is 1. The van der Waals surface area contributed by atoms with Gasteiger partial charge in [0.05, 0.1) is 12.8 Å². The molecule has 1 aliphatic heterocycles. The van der Waals surface area contributed by atoms with E-state index in [0.29, 0.717) is 17.6 Å². The Morgan fingerprint density at radius 2 is 1.87 bits per heavy atom. The summed E-state index contributed by atoms with van der Waals surface area (Å²) in [6.45, 7) is 2.47. The Bertz CT molecular complexity index is 850. The highest BCUT2D eigenvalue weighted by atomic mass is 16.5. The summed E-state index contributed by atoms with van der Waals surface area (Å²) in [5, 5.41) is 3.17. The number of fused-ring (bicyclic) bond motifs is 1. The zero-order chi connectivity index (χ0) is 20.8. The molecule has 30 heavy (non-hydrogen) atoms. The Kier molecular flexibility index (Phi) is 6.95. The van der Waals surface area contributed by atoms with Gasteiger partial charge in [-0.25, -0.2) is 4.98 Å². The summed E-state index contributed by atoms with van der Waals surface area (Å²) in [6.07, 6.45) is 6.41. The van der Waals surface area contributed by atoms with Gasteiger partial charge in [0.1, 0.15) is 0 Å². The van der Waals surface area contributed by atoms with Crippen LogP contribution >= 0.6 is 0 Å². The van der Waals surface area contributed by atoms with E-state index in [4.69, 9.17) is 14.5 Å². The maximum atomic E-state index is 12.8. The molecule has 0 spiro atoms. The Morgan fingerprint density at radius 1 is 1.10 bits per heavy atom. The zero-order valence-electron chi connectivity index (χ0n) is 17.7. The average Bonchev–Trinajstić information content (AvgIpc) is 3.02. The smallest absolute Gasteiger partial charge is 0.223 e. The number of ether oxygens (including phenoxy) is 2. The van der Waals surface area contributed by atoms with Gasteiger partial charge in [-0.1, -0.05) is 30.3 Å². The lowest BCUT2D eigenvalue weighted by atomic mass is 9.96. The Labute approximate surface area is 178 Å². The lowest BCUT2D eigenvalue weighted by Gasteiger charge is -2.22. The van der Waals surface area contributed by atoms with Crippen molar-refractivity contribution in [3.63, 3.8) is 0 Å². The number of hydrogen-bond acceptors (Lipinski definition) is 5. The molecule has 2 aromatic rings. The number of benzene rings is 1. The van der Waals surface area contributed by atoms with E-state index in [-0.39, 0.29) is 11.8 Å². The summed E-state index contributed by atoms with van der Waals surface area (Å²) in [6, 6.07) is 9.96. The lowest BCUT2D eigenvalue weighted by molar-refractivity contribution is -0.125. The third-order valence-corrected chi connectivity index (χ3v) is 6.32. The number of aromatic nitrogens is 2. The molecule has 1 aliphatic carbocycles. The Morgan fingerprint density at radius 3 is 2.63 bits per heavy atom. The number of carbonyl (C=O) groups excluding carboxylic acids is 1. The highest BCUT2D eigenvalue weighted by Gasteiger charge is 2.26. The predicted octanol–water partition coefficient (Wildman–Crippen LogP) is 3.58. The summed E-state index contributed by atoms with van der Waals surface area (Å²) >= 11 is 0. The standard InChI is InChI=1S/C24H31N3O3/c1-29-24-20-9-7-19(23(28)25-14-11-17-12-15-30-16-13-17)8-10-21(20)26-22(27-24)18-5-3-2-4-6-18/h2-6,17,19H,7-16H2,1H3,(H,25,28). The molecule has 1 amide bonds. The van der Waals surface area contributed by atoms with Crippen LogP contribution in [-0.2, 0) is 22.4 Å². The first kappa shape index (κ1) is 20.8. The number of amides is 1. The highest BCUT2D eigenvalue weighted by molar-refractivity contribution is 5.78. The van der Waals surface area contributed by atoms with Crippen molar-refractivity contribution < 1.29 is 14.3 Å². The predicted molar refractivity (Wildman–Crippen MR) is 115 cm³/mol. The van der Waals surface area contributed by atoms with E-state index in [0.717, 1.165) is 81.5 Å². The average molecular weight is 410 g/mol. The molecule has 2 heterocycles. The number of aryl methyl sites for hydroxylation is 1. The molecule has 1 atom stereocenters. The first-order valence-electron chi connectivity index (χ1n) is 11.1. The number of carbonyl (C=O) groups is 1. The maximum Gasteiger partial charge on any atom is 0.223 e. The molecule has 1 N–H and O–H groups in total. The van der Waals surface area contributed by atoms with E-state index < -0.39 is 0 Å². The largest absolute Gasteiger partial charge is 0.481 e. The van der Waals surface area contributed by atoms with Crippen molar-refractivity contribution in [2.75, 3.05) is 26.9 Å². The number of nitrogens with one attached hydrogen (secondary N) is 1. The van der Waals surface area contributed by atoms with E-state index in [1.54, 1.807) is 7.11 Å². The molecular formula is C24H31N3O3. The molecule has 0 bridgehead atoms. The van der Waals surface area contributed by atoms with Crippen molar-refractivity contribution in [3.8, 4) is 17.3 Å². The fourth-order valence-corrected chi connectivity index (χ4v) is 4.47. The molecule has 0 radical (unpaired) electrons. The van der Waals surface area contributed by atoms with Crippen molar-refractivity contribution in [2.24, 2.45) is 11.8 Å². The van der Waals surface area contributed by atoms with Crippen LogP contribution in [-0.4, -0.2) is 42.7 Å². The van der Waals surface area contributed by atoms with Crippen LogP contribution in [0.5, 0.6) is 5.88 Å². The van der Waals surface area contributed by atoms with E-state index in [9.17, 15) is 4.79 Å². The third-order valence-electron chi connectivity index (χ3n) is 6.32. The maximum absolute atomic E-state index is 12.8. The van der Waals surface area contributed by atoms with Gasteiger partial charge in [-0.05, 0) is 50.9 Å². The monoisotopic (exact) mass is 409 g/mol. The van der Waals surface area contributed by atoms with Gasteiger partial charge in [-0.15, -0.1) is 0 Å². The molecular weight excluding hydrogens is 378 g/mol. The summed E-state index contributed by atoms with van der Waals surface area (Å²) in [4.78, 5) is 22.3. The SMILES string of the molecule is COc1nc(-c2ccccc2)nc2c1CCC(C(=O)NCCC1CCOCC1)CC2. The number of nitrogens with zero attached hydrogens (tertiary/aromatic N) is 2. The summed E-state index contributed by atoms with van der Waals surface area (Å²) in [7, 11) is 1.66. The minimum Gasteiger partial charge on any atom is -0.481 e. The van der Waals surface area contributed by atoms with Crippen molar-refractivity contribution in [1.29, 1.82) is 0 Å². The van der Waals surface area contributed by atoms with Crippen LogP contribution in [0.3, 0.4) is 0 Å². The molecule has 1 fully saturated rings. The van der Waals surface area contributed by atoms with Crippen LogP contribution in [0, 0.1) is 11.8 Å². The van der Waals surface area contributed by atoms with Gasteiger partial charge in [0.15, 0.2) is 5.82 Å². The second kappa shape index (κ2) is 10.0. The molecule has 1 saturated heterocycles. The first-order chi connectivity index (χ1) is 14.7. The van der Waals surface area contributed by atoms with Gasteiger partial charge in [0.25, 0.3) is 0 Å². The van der Waals surface area contributed by atoms with Gasteiger partial charge < -0.3 is 14.8 Å². The quantitative estimate of drug-likeness (QED) is 0.738. The van der Waals surface area contributed by atoms with E-state index in [1.807, 2.05) is 30.3 Å². The Hall–Kier alpha value is -2.47. The molecule has 4 rings (SSSR count). The fraction of sp³-hybridized carbons (Fsp3) is 0.542. The summed E-state index contributed by atoms with van der Waals surface area (Å²) in [5.74, 6) is 2.18. The van der Waals surface area contributed by atoms with Gasteiger partial charge in [0, 0.05) is 36.8 Å². The van der Waals surface area contributed by atoms with E-state index in [1.165, 1.54) is 0 Å². The second-order valence-electron chi connectivity index (χ2n) is 8.26. The third kappa shape index (κ3) is 4.98. The van der Waals surface area contributed by atoms with Crippen molar-refractivity contribution in [3.05, 3.63) is 41.6 Å². The normalized spacial score (nSPS) is 19.6. The van der Waals surface area contributed by atoms with Crippen LogP contribution in [0.1, 0.15) is 43.4 Å². The highest BCUT2D eigenvalue weighted by Crippen LogP contribution is 2.31. The van der Waals surface area contributed by atoms with Crippen molar-refractivity contribution >= 4 is 5.91 Å². The second-order valence-corrected chi connectivity index (χ2v) is 8.26. The number of rotatable bonds is 6. The zero-order valence-corrected chi connectivity index (χ0v) is 17.7. The van der Waals surface area contributed by atoms with Crippen LogP contribution in [0.25, 0.3) is 11.4 Å². The Balaban J connectivity index is 1.39.